The predicted octanol–water partition coefficient (Wildman–Crippen LogP) is -2.01. The minimum absolute atomic E-state index is 0.175. The minimum Gasteiger partial charge on any atom is -0.508 e. The second-order valence-electron chi connectivity index (χ2n) is 8.39. The molecule has 0 radical (unpaired) electrons. The van der Waals surface area contributed by atoms with Crippen molar-refractivity contribution < 1.29 is 54.7 Å². The van der Waals surface area contributed by atoms with Crippen molar-refractivity contribution >= 4 is 0 Å². The van der Waals surface area contributed by atoms with Gasteiger partial charge in [0.15, 0.2) is 12.6 Å². The fourth-order valence-electron chi connectivity index (χ4n) is 3.62. The lowest BCUT2D eigenvalue weighted by atomic mass is 9.99. The minimum atomic E-state index is -1.86. The van der Waals surface area contributed by atoms with Gasteiger partial charge in [-0.05, 0) is 37.5 Å². The Hall–Kier alpha value is -1.38. The van der Waals surface area contributed by atoms with Crippen molar-refractivity contribution in [2.45, 2.75) is 74.6 Å². The van der Waals surface area contributed by atoms with E-state index < -0.39 is 55.3 Å². The molecular formula is C21H32O11. The van der Waals surface area contributed by atoms with Gasteiger partial charge >= 0.3 is 0 Å². The second kappa shape index (κ2) is 10.7. The molecule has 11 nitrogen and oxygen atoms in total. The van der Waals surface area contributed by atoms with E-state index in [1.54, 1.807) is 31.2 Å². The number of aliphatic hydroxyl groups is 6. The maximum absolute atomic E-state index is 10.3. The Kier molecular flexibility index (Phi) is 8.44. The summed E-state index contributed by atoms with van der Waals surface area (Å²) < 4.78 is 21.9. The molecule has 2 heterocycles. The lowest BCUT2D eigenvalue weighted by molar-refractivity contribution is -0.317. The van der Waals surface area contributed by atoms with Gasteiger partial charge in [0.2, 0.25) is 0 Å². The van der Waals surface area contributed by atoms with Crippen LogP contribution in [0.5, 0.6) is 5.75 Å². The maximum Gasteiger partial charge on any atom is 0.186 e. The molecular weight excluding hydrogens is 428 g/mol. The monoisotopic (exact) mass is 460 g/mol. The summed E-state index contributed by atoms with van der Waals surface area (Å²) in [6, 6.07) is 6.75. The molecule has 0 unspecified atom stereocenters. The van der Waals surface area contributed by atoms with E-state index in [9.17, 15) is 35.7 Å². The highest BCUT2D eigenvalue weighted by molar-refractivity contribution is 5.25. The SMILES string of the molecule is C[C@@H](CCc1ccc(O)cc1)O[C@@H]1O[C@H](CO[C@@H]2OC[C@](O)(CO)[C@H]2O)[C@H](O)[C@@H](O)[C@H]1O. The highest BCUT2D eigenvalue weighted by Gasteiger charge is 2.50. The van der Waals surface area contributed by atoms with Gasteiger partial charge in [0.1, 0.15) is 41.9 Å². The average Bonchev–Trinajstić information content (AvgIpc) is 3.07. The molecule has 0 amide bonds. The van der Waals surface area contributed by atoms with E-state index in [0.29, 0.717) is 12.8 Å². The number of phenolic OH excluding ortho intramolecular Hbond substituents is 1. The smallest absolute Gasteiger partial charge is 0.186 e. The van der Waals surface area contributed by atoms with Crippen molar-refractivity contribution in [3.63, 3.8) is 0 Å². The quantitative estimate of drug-likeness (QED) is 0.217. The number of aliphatic hydroxyl groups excluding tert-OH is 5. The largest absolute Gasteiger partial charge is 0.508 e. The fraction of sp³-hybridized carbons (Fsp3) is 0.714. The van der Waals surface area contributed by atoms with E-state index in [2.05, 4.69) is 0 Å². The molecule has 32 heavy (non-hydrogen) atoms. The molecule has 0 aliphatic carbocycles. The van der Waals surface area contributed by atoms with Gasteiger partial charge in [-0.1, -0.05) is 12.1 Å². The van der Waals surface area contributed by atoms with Gasteiger partial charge in [0.25, 0.3) is 0 Å². The summed E-state index contributed by atoms with van der Waals surface area (Å²) in [6.45, 7) is 0.377. The first-order chi connectivity index (χ1) is 15.1. The molecule has 182 valence electrons. The normalized spacial score (nSPS) is 38.7. The van der Waals surface area contributed by atoms with E-state index in [0.717, 1.165) is 5.56 Å². The van der Waals surface area contributed by atoms with Crippen molar-refractivity contribution in [2.75, 3.05) is 19.8 Å². The van der Waals surface area contributed by atoms with E-state index in [1.165, 1.54) is 0 Å². The summed E-state index contributed by atoms with van der Waals surface area (Å²) in [4.78, 5) is 0. The van der Waals surface area contributed by atoms with Gasteiger partial charge in [-0.3, -0.25) is 0 Å². The molecule has 9 atom stereocenters. The lowest BCUT2D eigenvalue weighted by Gasteiger charge is -2.41. The van der Waals surface area contributed by atoms with Crippen LogP contribution in [0.1, 0.15) is 18.9 Å². The molecule has 2 aliphatic heterocycles. The summed E-state index contributed by atoms with van der Waals surface area (Å²) in [5, 5.41) is 69.3. The molecule has 1 aromatic carbocycles. The van der Waals surface area contributed by atoms with Crippen molar-refractivity contribution in [3.05, 3.63) is 29.8 Å². The number of aromatic hydroxyl groups is 1. The van der Waals surface area contributed by atoms with Gasteiger partial charge in [-0.15, -0.1) is 0 Å². The van der Waals surface area contributed by atoms with Crippen molar-refractivity contribution in [1.82, 2.24) is 0 Å². The molecule has 0 bridgehead atoms. The highest BCUT2D eigenvalue weighted by atomic mass is 16.7. The molecule has 1 aromatic rings. The van der Waals surface area contributed by atoms with E-state index in [1.807, 2.05) is 0 Å². The number of phenols is 1. The average molecular weight is 460 g/mol. The fourth-order valence-corrected chi connectivity index (χ4v) is 3.62. The Balaban J connectivity index is 1.52. The van der Waals surface area contributed by atoms with Crippen LogP contribution >= 0.6 is 0 Å². The molecule has 0 saturated carbocycles. The van der Waals surface area contributed by atoms with Crippen LogP contribution in [0.15, 0.2) is 24.3 Å². The van der Waals surface area contributed by atoms with Crippen LogP contribution in [0.3, 0.4) is 0 Å². The summed E-state index contributed by atoms with van der Waals surface area (Å²) in [5.74, 6) is 0.175. The van der Waals surface area contributed by atoms with Crippen molar-refractivity contribution in [3.8, 4) is 5.75 Å². The van der Waals surface area contributed by atoms with Crippen LogP contribution < -0.4 is 0 Å². The topological polar surface area (TPSA) is 179 Å². The highest BCUT2D eigenvalue weighted by Crippen LogP contribution is 2.28. The summed E-state index contributed by atoms with van der Waals surface area (Å²) >= 11 is 0. The van der Waals surface area contributed by atoms with E-state index >= 15 is 0 Å². The second-order valence-corrected chi connectivity index (χ2v) is 8.39. The zero-order valence-corrected chi connectivity index (χ0v) is 17.7. The Morgan fingerprint density at radius 2 is 1.75 bits per heavy atom. The summed E-state index contributed by atoms with van der Waals surface area (Å²) in [5.41, 5.74) is -0.867. The zero-order chi connectivity index (χ0) is 23.5. The summed E-state index contributed by atoms with van der Waals surface area (Å²) in [6.07, 6.45) is -8.83. The van der Waals surface area contributed by atoms with Crippen LogP contribution in [0.25, 0.3) is 0 Å². The van der Waals surface area contributed by atoms with Crippen molar-refractivity contribution in [2.24, 2.45) is 0 Å². The number of hydrogen-bond donors (Lipinski definition) is 7. The lowest BCUT2D eigenvalue weighted by Crippen LogP contribution is -2.60. The maximum atomic E-state index is 10.3. The molecule has 0 spiro atoms. The first-order valence-electron chi connectivity index (χ1n) is 10.5. The third-order valence-corrected chi connectivity index (χ3v) is 5.82. The number of ether oxygens (including phenoxy) is 4. The third-order valence-electron chi connectivity index (χ3n) is 5.82. The summed E-state index contributed by atoms with van der Waals surface area (Å²) in [7, 11) is 0. The molecule has 2 saturated heterocycles. The number of hydrogen-bond acceptors (Lipinski definition) is 11. The van der Waals surface area contributed by atoms with Crippen LogP contribution in [0.2, 0.25) is 0 Å². The molecule has 2 fully saturated rings. The van der Waals surface area contributed by atoms with E-state index in [4.69, 9.17) is 18.9 Å². The van der Waals surface area contributed by atoms with Crippen LogP contribution in [0.4, 0.5) is 0 Å². The first-order valence-corrected chi connectivity index (χ1v) is 10.5. The number of rotatable bonds is 9. The number of aryl methyl sites for hydroxylation is 1. The zero-order valence-electron chi connectivity index (χ0n) is 17.7. The molecule has 0 aromatic heterocycles. The van der Waals surface area contributed by atoms with Gasteiger partial charge in [0.05, 0.1) is 25.9 Å². The first kappa shape index (κ1) is 25.2. The molecule has 7 N–H and O–H groups in total. The Morgan fingerprint density at radius 1 is 1.06 bits per heavy atom. The van der Waals surface area contributed by atoms with Crippen LogP contribution in [-0.4, -0.2) is 110 Å². The molecule has 3 rings (SSSR count). The van der Waals surface area contributed by atoms with Crippen molar-refractivity contribution in [1.29, 1.82) is 0 Å². The standard InChI is InChI=1S/C21H32O11/c1-11(2-3-12-4-6-13(23)7-5-12)31-19-17(26)16(25)15(24)14(32-19)8-29-20-18(27)21(28,9-22)10-30-20/h4-7,11,14-20,22-28H,2-3,8-10H2,1H3/t11-,14+,15-,16+,17+,18-,19+,20+,21+/m0/s1. The van der Waals surface area contributed by atoms with Crippen LogP contribution in [-0.2, 0) is 25.4 Å². The van der Waals surface area contributed by atoms with Gasteiger partial charge in [0, 0.05) is 0 Å². The Bertz CT molecular complexity index is 716. The molecule has 11 heteroatoms. The molecule has 2 aliphatic rings. The van der Waals surface area contributed by atoms with Gasteiger partial charge < -0.3 is 54.7 Å². The van der Waals surface area contributed by atoms with Gasteiger partial charge in [-0.25, -0.2) is 0 Å². The third kappa shape index (κ3) is 5.75. The van der Waals surface area contributed by atoms with Gasteiger partial charge in [-0.2, -0.15) is 0 Å². The van der Waals surface area contributed by atoms with E-state index in [-0.39, 0.29) is 25.1 Å². The Morgan fingerprint density at radius 3 is 2.38 bits per heavy atom. The predicted molar refractivity (Wildman–Crippen MR) is 107 cm³/mol. The van der Waals surface area contributed by atoms with Crippen LogP contribution in [0, 0.1) is 0 Å². The number of benzene rings is 1. The Labute approximate surface area is 185 Å².